The minimum absolute atomic E-state index is 0.168. The molecule has 4 rings (SSSR count). The molecule has 2 fully saturated rings. The maximum absolute atomic E-state index is 15.4. The lowest BCUT2D eigenvalue weighted by Gasteiger charge is -2.53. The molecule has 2 aliphatic carbocycles. The highest BCUT2D eigenvalue weighted by molar-refractivity contribution is 5.31. The Hall–Kier alpha value is -2.02. The van der Waals surface area contributed by atoms with Crippen molar-refractivity contribution in [3.8, 4) is 0 Å². The van der Waals surface area contributed by atoms with Crippen molar-refractivity contribution in [1.29, 1.82) is 0 Å². The van der Waals surface area contributed by atoms with E-state index in [1.165, 1.54) is 48.5 Å². The SMILES string of the molecule is FC(F)(F)C(OC(c1ccccc1)(C1CCCCC1)C(F)(F)F)(c1ccccc1)C1CCCCC1. The molecule has 192 valence electrons. The summed E-state index contributed by atoms with van der Waals surface area (Å²) in [4.78, 5) is 0. The van der Waals surface area contributed by atoms with Crippen molar-refractivity contribution >= 4 is 0 Å². The Morgan fingerprint density at radius 2 is 0.800 bits per heavy atom. The topological polar surface area (TPSA) is 9.23 Å². The zero-order chi connectivity index (χ0) is 25.2. The van der Waals surface area contributed by atoms with E-state index in [1.54, 1.807) is 12.1 Å². The molecule has 0 aliphatic heterocycles. The molecule has 7 heteroatoms. The van der Waals surface area contributed by atoms with Gasteiger partial charge in [0.05, 0.1) is 0 Å². The van der Waals surface area contributed by atoms with E-state index in [-0.39, 0.29) is 36.8 Å². The van der Waals surface area contributed by atoms with E-state index in [4.69, 9.17) is 4.74 Å². The Morgan fingerprint density at radius 3 is 1.09 bits per heavy atom. The normalized spacial score (nSPS) is 22.3. The van der Waals surface area contributed by atoms with Gasteiger partial charge in [-0.3, -0.25) is 0 Å². The van der Waals surface area contributed by atoms with Crippen LogP contribution in [-0.2, 0) is 15.9 Å². The number of halogens is 6. The summed E-state index contributed by atoms with van der Waals surface area (Å²) < 4.78 is 98.1. The van der Waals surface area contributed by atoms with Gasteiger partial charge in [-0.05, 0) is 36.8 Å². The summed E-state index contributed by atoms with van der Waals surface area (Å²) in [7, 11) is 0. The van der Waals surface area contributed by atoms with Crippen molar-refractivity contribution in [3.63, 3.8) is 0 Å². The summed E-state index contributed by atoms with van der Waals surface area (Å²) in [5, 5.41) is 0. The number of hydrogen-bond acceptors (Lipinski definition) is 1. The van der Waals surface area contributed by atoms with Gasteiger partial charge in [0.1, 0.15) is 0 Å². The van der Waals surface area contributed by atoms with Crippen molar-refractivity contribution in [2.24, 2.45) is 11.8 Å². The van der Waals surface area contributed by atoms with Gasteiger partial charge in [-0.2, -0.15) is 26.3 Å². The molecule has 2 aromatic rings. The van der Waals surface area contributed by atoms with Crippen molar-refractivity contribution in [3.05, 3.63) is 71.8 Å². The second kappa shape index (κ2) is 10.2. The number of ether oxygens (including phenoxy) is 1. The van der Waals surface area contributed by atoms with Crippen LogP contribution >= 0.6 is 0 Å². The van der Waals surface area contributed by atoms with Gasteiger partial charge in [0.15, 0.2) is 11.2 Å². The zero-order valence-electron chi connectivity index (χ0n) is 19.7. The van der Waals surface area contributed by atoms with E-state index in [0.717, 1.165) is 12.8 Å². The fourth-order valence-electron chi connectivity index (χ4n) is 6.31. The third-order valence-corrected chi connectivity index (χ3v) is 7.93. The maximum Gasteiger partial charge on any atom is 0.422 e. The van der Waals surface area contributed by atoms with Crippen molar-refractivity contribution < 1.29 is 31.1 Å². The van der Waals surface area contributed by atoms with Crippen LogP contribution < -0.4 is 0 Å². The number of rotatable bonds is 6. The van der Waals surface area contributed by atoms with E-state index < -0.39 is 35.4 Å². The first-order valence-corrected chi connectivity index (χ1v) is 12.6. The summed E-state index contributed by atoms with van der Waals surface area (Å²) in [6.45, 7) is 0. The highest BCUT2D eigenvalue weighted by atomic mass is 19.4. The molecule has 2 aliphatic rings. The second-order valence-corrected chi connectivity index (χ2v) is 9.97. The van der Waals surface area contributed by atoms with Crippen LogP contribution in [0.3, 0.4) is 0 Å². The molecular formula is C28H32F6O. The lowest BCUT2D eigenvalue weighted by atomic mass is 9.69. The van der Waals surface area contributed by atoms with Crippen LogP contribution in [0.5, 0.6) is 0 Å². The molecule has 2 aromatic carbocycles. The van der Waals surface area contributed by atoms with Crippen molar-refractivity contribution in [2.45, 2.75) is 87.8 Å². The lowest BCUT2D eigenvalue weighted by molar-refractivity contribution is -0.405. The van der Waals surface area contributed by atoms with Gasteiger partial charge in [0.2, 0.25) is 0 Å². The van der Waals surface area contributed by atoms with Crippen LogP contribution in [-0.4, -0.2) is 12.4 Å². The maximum atomic E-state index is 15.4. The largest absolute Gasteiger partial charge is 0.422 e. The van der Waals surface area contributed by atoms with Gasteiger partial charge in [-0.15, -0.1) is 0 Å². The zero-order valence-corrected chi connectivity index (χ0v) is 19.7. The van der Waals surface area contributed by atoms with Crippen LogP contribution in [0, 0.1) is 11.8 Å². The van der Waals surface area contributed by atoms with Crippen molar-refractivity contribution in [1.82, 2.24) is 0 Å². The van der Waals surface area contributed by atoms with Gasteiger partial charge in [-0.1, -0.05) is 99.2 Å². The van der Waals surface area contributed by atoms with Crippen LogP contribution in [0.15, 0.2) is 60.7 Å². The van der Waals surface area contributed by atoms with Crippen LogP contribution in [0.4, 0.5) is 26.3 Å². The standard InChI is InChI=1S/C28H32F6O/c29-27(30,31)25(21-13-5-1-6-14-21,22-15-7-2-8-16-22)35-26(28(32,33)34,23-17-9-3-10-18-23)24-19-11-4-12-20-24/h1,3,5-6,9-10,13-14,17-18,22,24H,2,4,7-8,11-12,15-16,19-20H2. The summed E-state index contributed by atoms with van der Waals surface area (Å²) >= 11 is 0. The fraction of sp³-hybridized carbons (Fsp3) is 0.571. The summed E-state index contributed by atoms with van der Waals surface area (Å²) in [6.07, 6.45) is -5.74. The molecule has 0 heterocycles. The molecule has 2 saturated carbocycles. The third kappa shape index (κ3) is 4.73. The Labute approximate surface area is 202 Å². The van der Waals surface area contributed by atoms with Crippen LogP contribution in [0.2, 0.25) is 0 Å². The quantitative estimate of drug-likeness (QED) is 0.361. The molecule has 0 bridgehead atoms. The second-order valence-electron chi connectivity index (χ2n) is 9.97. The summed E-state index contributed by atoms with van der Waals surface area (Å²) in [5.74, 6) is -2.21. The number of benzene rings is 2. The Bertz CT molecular complexity index is 852. The summed E-state index contributed by atoms with van der Waals surface area (Å²) in [5.41, 5.74) is -6.64. The minimum atomic E-state index is -5.05. The molecule has 0 spiro atoms. The van der Waals surface area contributed by atoms with Gasteiger partial charge >= 0.3 is 12.4 Å². The molecule has 0 radical (unpaired) electrons. The monoisotopic (exact) mass is 498 g/mol. The molecular weight excluding hydrogens is 466 g/mol. The molecule has 1 nitrogen and oxygen atoms in total. The highest BCUT2D eigenvalue weighted by Crippen LogP contribution is 2.61. The van der Waals surface area contributed by atoms with Gasteiger partial charge in [0.25, 0.3) is 0 Å². The number of alkyl halides is 6. The first kappa shape index (κ1) is 26.1. The molecule has 0 N–H and O–H groups in total. The Morgan fingerprint density at radius 1 is 0.486 bits per heavy atom. The van der Waals surface area contributed by atoms with E-state index in [1.807, 2.05) is 0 Å². The highest BCUT2D eigenvalue weighted by Gasteiger charge is 2.71. The van der Waals surface area contributed by atoms with E-state index in [0.29, 0.717) is 25.7 Å². The lowest BCUT2D eigenvalue weighted by Crippen LogP contribution is -2.61. The van der Waals surface area contributed by atoms with E-state index in [2.05, 4.69) is 0 Å². The molecule has 0 amide bonds. The predicted octanol–water partition coefficient (Wildman–Crippen LogP) is 9.08. The average molecular weight is 499 g/mol. The number of hydrogen-bond donors (Lipinski definition) is 0. The fourth-order valence-corrected chi connectivity index (χ4v) is 6.31. The first-order chi connectivity index (χ1) is 16.6. The first-order valence-electron chi connectivity index (χ1n) is 12.6. The molecule has 0 aromatic heterocycles. The Balaban J connectivity index is 2.01. The molecule has 2 unspecified atom stereocenters. The molecule has 35 heavy (non-hydrogen) atoms. The van der Waals surface area contributed by atoms with Gasteiger partial charge in [-0.25, -0.2) is 0 Å². The Kier molecular flexibility index (Phi) is 7.56. The third-order valence-electron chi connectivity index (χ3n) is 7.93. The van der Waals surface area contributed by atoms with Crippen LogP contribution in [0.1, 0.15) is 75.3 Å². The van der Waals surface area contributed by atoms with Gasteiger partial charge < -0.3 is 4.74 Å². The molecule has 2 atom stereocenters. The smallest absolute Gasteiger partial charge is 0.339 e. The van der Waals surface area contributed by atoms with Crippen molar-refractivity contribution in [2.75, 3.05) is 0 Å². The molecule has 0 saturated heterocycles. The van der Waals surface area contributed by atoms with Gasteiger partial charge in [0, 0.05) is 11.8 Å². The van der Waals surface area contributed by atoms with Crippen LogP contribution in [0.25, 0.3) is 0 Å². The minimum Gasteiger partial charge on any atom is -0.339 e. The van der Waals surface area contributed by atoms with E-state index >= 15 is 26.3 Å². The predicted molar refractivity (Wildman–Crippen MR) is 123 cm³/mol. The van der Waals surface area contributed by atoms with E-state index in [9.17, 15) is 0 Å². The average Bonchev–Trinajstić information content (AvgIpc) is 2.85. The summed E-state index contributed by atoms with van der Waals surface area (Å²) in [6, 6.07) is 14.0.